The van der Waals surface area contributed by atoms with E-state index in [0.29, 0.717) is 30.8 Å². The van der Waals surface area contributed by atoms with E-state index in [0.717, 1.165) is 38.0 Å². The van der Waals surface area contributed by atoms with Gasteiger partial charge in [-0.2, -0.15) is 0 Å². The molecule has 1 aliphatic rings. The summed E-state index contributed by atoms with van der Waals surface area (Å²) in [7, 11) is 0. The molecule has 2 amide bonds. The highest BCUT2D eigenvalue weighted by Crippen LogP contribution is 2.21. The molecule has 1 aliphatic heterocycles. The zero-order chi connectivity index (χ0) is 18.9. The first-order chi connectivity index (χ1) is 13.2. The van der Waals surface area contributed by atoms with Crippen LogP contribution >= 0.6 is 0 Å². The second kappa shape index (κ2) is 9.76. The number of nitrogens with zero attached hydrogens (tertiary/aromatic N) is 1. The van der Waals surface area contributed by atoms with Crippen molar-refractivity contribution in [2.75, 3.05) is 19.6 Å². The molecule has 0 spiro atoms. The van der Waals surface area contributed by atoms with Crippen LogP contribution in [0.25, 0.3) is 0 Å². The third-order valence-electron chi connectivity index (χ3n) is 4.64. The summed E-state index contributed by atoms with van der Waals surface area (Å²) in [5.41, 5.74) is 0.564. The molecule has 1 fully saturated rings. The molecule has 1 N–H and O–H groups in total. The topological polar surface area (TPSA) is 58.6 Å². The van der Waals surface area contributed by atoms with Crippen LogP contribution in [-0.4, -0.2) is 36.3 Å². The fourth-order valence-electron chi connectivity index (χ4n) is 3.17. The smallest absolute Gasteiger partial charge is 0.251 e. The number of likely N-dealkylation sites (tertiary alicyclic amines) is 1. The molecule has 2 aromatic carbocycles. The lowest BCUT2D eigenvalue weighted by molar-refractivity contribution is -0.130. The number of hydrogen-bond donors (Lipinski definition) is 1. The van der Waals surface area contributed by atoms with Gasteiger partial charge in [0, 0.05) is 31.6 Å². The van der Waals surface area contributed by atoms with Crippen molar-refractivity contribution in [3.8, 4) is 11.5 Å². The normalized spacial score (nSPS) is 14.5. The van der Waals surface area contributed by atoms with Crippen LogP contribution in [0.2, 0.25) is 0 Å². The summed E-state index contributed by atoms with van der Waals surface area (Å²) < 4.78 is 5.77. The Balaban J connectivity index is 1.46. The molecule has 3 rings (SSSR count). The first-order valence-corrected chi connectivity index (χ1v) is 9.61. The van der Waals surface area contributed by atoms with E-state index in [2.05, 4.69) is 5.32 Å². The zero-order valence-electron chi connectivity index (χ0n) is 15.5. The highest BCUT2D eigenvalue weighted by atomic mass is 16.5. The average Bonchev–Trinajstić information content (AvgIpc) is 2.90. The monoisotopic (exact) mass is 366 g/mol. The lowest BCUT2D eigenvalue weighted by Gasteiger charge is -2.20. The summed E-state index contributed by atoms with van der Waals surface area (Å²) >= 11 is 0. The molecule has 0 saturated carbocycles. The predicted molar refractivity (Wildman–Crippen MR) is 105 cm³/mol. The van der Waals surface area contributed by atoms with Gasteiger partial charge in [0.15, 0.2) is 0 Å². The first kappa shape index (κ1) is 19.0. The SMILES string of the molecule is O=C(NCCCN1CCCCCC1=O)c1cccc(Oc2ccccc2)c1. The molecule has 0 unspecified atom stereocenters. The van der Waals surface area contributed by atoms with Crippen molar-refractivity contribution in [2.24, 2.45) is 0 Å². The summed E-state index contributed by atoms with van der Waals surface area (Å²) in [6.07, 6.45) is 4.61. The molecule has 0 aliphatic carbocycles. The maximum absolute atomic E-state index is 12.4. The van der Waals surface area contributed by atoms with Crippen LogP contribution < -0.4 is 10.1 Å². The van der Waals surface area contributed by atoms with Crippen LogP contribution in [0.4, 0.5) is 0 Å². The number of para-hydroxylation sites is 1. The average molecular weight is 366 g/mol. The van der Waals surface area contributed by atoms with Gasteiger partial charge < -0.3 is 15.0 Å². The van der Waals surface area contributed by atoms with Crippen LogP contribution in [0.15, 0.2) is 54.6 Å². The van der Waals surface area contributed by atoms with Crippen molar-refractivity contribution in [3.63, 3.8) is 0 Å². The molecule has 0 atom stereocenters. The second-order valence-electron chi connectivity index (χ2n) is 6.74. The van der Waals surface area contributed by atoms with Crippen LogP contribution in [0.1, 0.15) is 42.5 Å². The van der Waals surface area contributed by atoms with Crippen LogP contribution in [-0.2, 0) is 4.79 Å². The fourth-order valence-corrected chi connectivity index (χ4v) is 3.17. The second-order valence-corrected chi connectivity index (χ2v) is 6.74. The van der Waals surface area contributed by atoms with E-state index >= 15 is 0 Å². The Hall–Kier alpha value is -2.82. The number of carbonyl (C=O) groups is 2. The molecule has 0 bridgehead atoms. The van der Waals surface area contributed by atoms with Crippen molar-refractivity contribution < 1.29 is 14.3 Å². The number of benzene rings is 2. The minimum atomic E-state index is -0.129. The standard InChI is InChI=1S/C22H26N2O3/c25-21-13-5-2-6-15-24(21)16-8-14-23-22(26)18-9-7-12-20(17-18)27-19-10-3-1-4-11-19/h1,3-4,7,9-12,17H,2,5-6,8,13-16H2,(H,23,26). The molecule has 5 nitrogen and oxygen atoms in total. The largest absolute Gasteiger partial charge is 0.457 e. The summed E-state index contributed by atoms with van der Waals surface area (Å²) in [6.45, 7) is 2.09. The summed E-state index contributed by atoms with van der Waals surface area (Å²) in [6, 6.07) is 16.6. The van der Waals surface area contributed by atoms with Gasteiger partial charge in [-0.05, 0) is 49.6 Å². The maximum atomic E-state index is 12.4. The lowest BCUT2D eigenvalue weighted by atomic mass is 10.2. The minimum absolute atomic E-state index is 0.129. The van der Waals surface area contributed by atoms with Crippen LogP contribution in [0.3, 0.4) is 0 Å². The molecule has 142 valence electrons. The highest BCUT2D eigenvalue weighted by Gasteiger charge is 2.16. The Labute approximate surface area is 160 Å². The van der Waals surface area contributed by atoms with Gasteiger partial charge in [0.25, 0.3) is 5.91 Å². The maximum Gasteiger partial charge on any atom is 0.251 e. The first-order valence-electron chi connectivity index (χ1n) is 9.61. The van der Waals surface area contributed by atoms with Gasteiger partial charge in [-0.3, -0.25) is 9.59 Å². The highest BCUT2D eigenvalue weighted by molar-refractivity contribution is 5.94. The Morgan fingerprint density at radius 1 is 1.00 bits per heavy atom. The van der Waals surface area contributed by atoms with E-state index in [1.165, 1.54) is 0 Å². The van der Waals surface area contributed by atoms with Crippen molar-refractivity contribution in [3.05, 3.63) is 60.2 Å². The molecule has 27 heavy (non-hydrogen) atoms. The molecule has 5 heteroatoms. The Morgan fingerprint density at radius 3 is 2.67 bits per heavy atom. The van der Waals surface area contributed by atoms with E-state index in [1.807, 2.05) is 47.4 Å². The van der Waals surface area contributed by atoms with E-state index < -0.39 is 0 Å². The third kappa shape index (κ3) is 5.84. The Bertz CT molecular complexity index is 761. The quantitative estimate of drug-likeness (QED) is 0.754. The Kier molecular flexibility index (Phi) is 6.85. The molecule has 1 saturated heterocycles. The molecular weight excluding hydrogens is 340 g/mol. The minimum Gasteiger partial charge on any atom is -0.457 e. The number of carbonyl (C=O) groups excluding carboxylic acids is 2. The van der Waals surface area contributed by atoms with Gasteiger partial charge in [0.05, 0.1) is 0 Å². The van der Waals surface area contributed by atoms with Gasteiger partial charge >= 0.3 is 0 Å². The van der Waals surface area contributed by atoms with Gasteiger partial charge in [-0.15, -0.1) is 0 Å². The molecule has 0 aromatic heterocycles. The van der Waals surface area contributed by atoms with Gasteiger partial charge in [0.2, 0.25) is 5.91 Å². The lowest BCUT2D eigenvalue weighted by Crippen LogP contribution is -2.34. The van der Waals surface area contributed by atoms with E-state index in [1.54, 1.807) is 12.1 Å². The molecule has 0 radical (unpaired) electrons. The summed E-state index contributed by atoms with van der Waals surface area (Å²) in [5, 5.41) is 2.93. The predicted octanol–water partition coefficient (Wildman–Crippen LogP) is 4.00. The van der Waals surface area contributed by atoms with Crippen molar-refractivity contribution in [2.45, 2.75) is 32.1 Å². The van der Waals surface area contributed by atoms with Gasteiger partial charge in [0.1, 0.15) is 11.5 Å². The molecule has 1 heterocycles. The number of amides is 2. The third-order valence-corrected chi connectivity index (χ3v) is 4.64. The summed E-state index contributed by atoms with van der Waals surface area (Å²) in [4.78, 5) is 26.3. The molecule has 2 aromatic rings. The summed E-state index contributed by atoms with van der Waals surface area (Å²) in [5.74, 6) is 1.47. The fraction of sp³-hybridized carbons (Fsp3) is 0.364. The number of ether oxygens (including phenoxy) is 1. The van der Waals surface area contributed by atoms with E-state index in [4.69, 9.17) is 4.74 Å². The Morgan fingerprint density at radius 2 is 1.81 bits per heavy atom. The van der Waals surface area contributed by atoms with Crippen molar-refractivity contribution >= 4 is 11.8 Å². The van der Waals surface area contributed by atoms with Crippen LogP contribution in [0, 0.1) is 0 Å². The number of rotatable bonds is 7. The van der Waals surface area contributed by atoms with Gasteiger partial charge in [-0.1, -0.05) is 30.7 Å². The van der Waals surface area contributed by atoms with E-state index in [-0.39, 0.29) is 11.8 Å². The van der Waals surface area contributed by atoms with Crippen molar-refractivity contribution in [1.82, 2.24) is 10.2 Å². The van der Waals surface area contributed by atoms with E-state index in [9.17, 15) is 9.59 Å². The number of nitrogens with one attached hydrogen (secondary N) is 1. The molecular formula is C22H26N2O3. The van der Waals surface area contributed by atoms with Crippen molar-refractivity contribution in [1.29, 1.82) is 0 Å². The van der Waals surface area contributed by atoms with Crippen LogP contribution in [0.5, 0.6) is 11.5 Å². The van der Waals surface area contributed by atoms with Gasteiger partial charge in [-0.25, -0.2) is 0 Å². The zero-order valence-corrected chi connectivity index (χ0v) is 15.5. The number of hydrogen-bond acceptors (Lipinski definition) is 3.